The molecule has 0 N–H and O–H groups in total. The van der Waals surface area contributed by atoms with Crippen LogP contribution in [0.4, 0.5) is 0 Å². The fourth-order valence-electron chi connectivity index (χ4n) is 0.809. The Morgan fingerprint density at radius 1 is 1.21 bits per heavy atom. The van der Waals surface area contributed by atoms with Crippen molar-refractivity contribution >= 4 is 24.5 Å². The minimum absolute atomic E-state index is 0.0119. The van der Waals surface area contributed by atoms with E-state index in [1.165, 1.54) is 6.92 Å². The van der Waals surface area contributed by atoms with Gasteiger partial charge in [0.05, 0.1) is 0 Å². The van der Waals surface area contributed by atoms with Crippen LogP contribution in [0, 0.1) is 0 Å². The van der Waals surface area contributed by atoms with Crippen LogP contribution < -0.4 is 0 Å². The number of carbonyl (C=O) groups is 1. The first-order chi connectivity index (χ1) is 6.70. The Balaban J connectivity index is 0.000000791. The minimum atomic E-state index is -0.0119. The van der Waals surface area contributed by atoms with Gasteiger partial charge in [-0.15, -0.1) is 12.6 Å². The summed E-state index contributed by atoms with van der Waals surface area (Å²) in [5, 5.41) is 0. The molecule has 1 aromatic rings. The molecule has 0 aliphatic rings. The van der Waals surface area contributed by atoms with Gasteiger partial charge in [-0.25, -0.2) is 0 Å². The van der Waals surface area contributed by atoms with E-state index in [4.69, 9.17) is 0 Å². The number of carbonyl (C=O) groups excluding carboxylic acids is 1. The van der Waals surface area contributed by atoms with Crippen molar-refractivity contribution in [2.45, 2.75) is 20.8 Å². The Morgan fingerprint density at radius 3 is 2.14 bits per heavy atom. The Bertz CT molecular complexity index is 301. The zero-order chi connectivity index (χ0) is 11.0. The maximum Gasteiger partial charge on any atom is 0.165 e. The van der Waals surface area contributed by atoms with Gasteiger partial charge >= 0.3 is 0 Å². The van der Waals surface area contributed by atoms with Crippen LogP contribution >= 0.6 is 12.6 Å². The van der Waals surface area contributed by atoms with Gasteiger partial charge in [-0.1, -0.05) is 44.2 Å². The molecule has 0 aliphatic carbocycles. The van der Waals surface area contributed by atoms with Gasteiger partial charge in [0, 0.05) is 4.91 Å². The second kappa shape index (κ2) is 7.39. The summed E-state index contributed by atoms with van der Waals surface area (Å²) in [5.74, 6) is -0.0119. The Morgan fingerprint density at radius 2 is 1.71 bits per heavy atom. The highest BCUT2D eigenvalue weighted by Gasteiger charge is 1.95. The van der Waals surface area contributed by atoms with Gasteiger partial charge in [-0.3, -0.25) is 4.79 Å². The van der Waals surface area contributed by atoms with Crippen molar-refractivity contribution in [2.24, 2.45) is 0 Å². The molecule has 0 saturated carbocycles. The number of hydrogen-bond acceptors (Lipinski definition) is 2. The molecule has 0 bridgehead atoms. The topological polar surface area (TPSA) is 17.1 Å². The molecule has 0 fully saturated rings. The van der Waals surface area contributed by atoms with Crippen LogP contribution in [0.3, 0.4) is 0 Å². The lowest BCUT2D eigenvalue weighted by Gasteiger charge is -1.93. The van der Waals surface area contributed by atoms with E-state index in [1.807, 2.05) is 44.2 Å². The molecule has 0 amide bonds. The first kappa shape index (κ1) is 13.0. The van der Waals surface area contributed by atoms with Crippen molar-refractivity contribution in [3.8, 4) is 0 Å². The van der Waals surface area contributed by atoms with E-state index < -0.39 is 0 Å². The van der Waals surface area contributed by atoms with Crippen molar-refractivity contribution in [1.82, 2.24) is 0 Å². The number of benzene rings is 1. The van der Waals surface area contributed by atoms with E-state index in [9.17, 15) is 4.79 Å². The molecule has 0 aliphatic heterocycles. The minimum Gasteiger partial charge on any atom is -0.294 e. The molecule has 0 spiro atoms. The van der Waals surface area contributed by atoms with Crippen molar-refractivity contribution in [1.29, 1.82) is 0 Å². The molecule has 2 heteroatoms. The normalized spacial score (nSPS) is 10.1. The maximum atomic E-state index is 10.8. The SMILES string of the molecule is CC.CC(=O)/C(S)=C/c1ccccc1. The summed E-state index contributed by atoms with van der Waals surface area (Å²) < 4.78 is 0. The lowest BCUT2D eigenvalue weighted by atomic mass is 10.2. The largest absolute Gasteiger partial charge is 0.294 e. The molecule has 1 nitrogen and oxygen atoms in total. The van der Waals surface area contributed by atoms with Gasteiger partial charge in [0.2, 0.25) is 0 Å². The third-order valence-corrected chi connectivity index (χ3v) is 1.91. The third kappa shape index (κ3) is 4.87. The molecular formula is C12H16OS. The summed E-state index contributed by atoms with van der Waals surface area (Å²) in [6, 6.07) is 9.64. The molecule has 0 heterocycles. The van der Waals surface area contributed by atoms with Crippen LogP contribution in [0.25, 0.3) is 6.08 Å². The fraction of sp³-hybridized carbons (Fsp3) is 0.250. The first-order valence-corrected chi connectivity index (χ1v) is 5.11. The summed E-state index contributed by atoms with van der Waals surface area (Å²) in [6.45, 7) is 5.50. The summed E-state index contributed by atoms with van der Waals surface area (Å²) in [7, 11) is 0. The van der Waals surface area contributed by atoms with Crippen LogP contribution in [0.15, 0.2) is 35.2 Å². The smallest absolute Gasteiger partial charge is 0.165 e. The quantitative estimate of drug-likeness (QED) is 0.581. The second-order valence-corrected chi connectivity index (χ2v) is 2.98. The van der Waals surface area contributed by atoms with Gasteiger partial charge in [-0.2, -0.15) is 0 Å². The van der Waals surface area contributed by atoms with Crippen LogP contribution in [0.1, 0.15) is 26.3 Å². The average Bonchev–Trinajstić information content (AvgIpc) is 2.22. The van der Waals surface area contributed by atoms with Crippen LogP contribution in [0.5, 0.6) is 0 Å². The van der Waals surface area contributed by atoms with Crippen LogP contribution in [-0.4, -0.2) is 5.78 Å². The van der Waals surface area contributed by atoms with E-state index in [0.29, 0.717) is 4.91 Å². The van der Waals surface area contributed by atoms with Crippen molar-refractivity contribution in [3.63, 3.8) is 0 Å². The van der Waals surface area contributed by atoms with Gasteiger partial charge < -0.3 is 0 Å². The molecule has 0 radical (unpaired) electrons. The van der Waals surface area contributed by atoms with Crippen molar-refractivity contribution in [2.75, 3.05) is 0 Å². The Labute approximate surface area is 91.3 Å². The molecular weight excluding hydrogens is 192 g/mol. The first-order valence-electron chi connectivity index (χ1n) is 4.67. The highest BCUT2D eigenvalue weighted by molar-refractivity contribution is 7.85. The molecule has 76 valence electrons. The van der Waals surface area contributed by atoms with E-state index in [-0.39, 0.29) is 5.78 Å². The maximum absolute atomic E-state index is 10.8. The number of allylic oxidation sites excluding steroid dienone is 1. The number of ketones is 1. The zero-order valence-electron chi connectivity index (χ0n) is 8.82. The predicted octanol–water partition coefficient (Wildman–Crippen LogP) is 3.57. The molecule has 14 heavy (non-hydrogen) atoms. The monoisotopic (exact) mass is 208 g/mol. The lowest BCUT2D eigenvalue weighted by Crippen LogP contribution is -1.87. The molecule has 1 rings (SSSR count). The van der Waals surface area contributed by atoms with E-state index in [0.717, 1.165) is 5.56 Å². The second-order valence-electron chi connectivity index (χ2n) is 2.50. The molecule has 0 atom stereocenters. The van der Waals surface area contributed by atoms with E-state index in [2.05, 4.69) is 12.6 Å². The molecule has 0 unspecified atom stereocenters. The zero-order valence-corrected chi connectivity index (χ0v) is 9.71. The molecule has 0 saturated heterocycles. The standard InChI is InChI=1S/C10H10OS.C2H6/c1-8(11)10(12)7-9-5-3-2-4-6-9;1-2/h2-7,12H,1H3;1-2H3/b10-7-;. The van der Waals surface area contributed by atoms with Gasteiger partial charge in [0.1, 0.15) is 0 Å². The fourth-order valence-corrected chi connectivity index (χ4v) is 0.958. The van der Waals surface area contributed by atoms with Crippen LogP contribution in [-0.2, 0) is 4.79 Å². The highest BCUT2D eigenvalue weighted by atomic mass is 32.1. The Hall–Kier alpha value is -1.02. The van der Waals surface area contributed by atoms with Crippen molar-refractivity contribution < 1.29 is 4.79 Å². The lowest BCUT2D eigenvalue weighted by molar-refractivity contribution is -0.112. The van der Waals surface area contributed by atoms with Gasteiger partial charge in [-0.05, 0) is 18.6 Å². The van der Waals surface area contributed by atoms with Gasteiger partial charge in [0.25, 0.3) is 0 Å². The van der Waals surface area contributed by atoms with E-state index >= 15 is 0 Å². The summed E-state index contributed by atoms with van der Waals surface area (Å²) >= 11 is 4.05. The number of thiol groups is 1. The number of hydrogen-bond donors (Lipinski definition) is 1. The van der Waals surface area contributed by atoms with Crippen LogP contribution in [0.2, 0.25) is 0 Å². The highest BCUT2D eigenvalue weighted by Crippen LogP contribution is 2.09. The van der Waals surface area contributed by atoms with Gasteiger partial charge in [0.15, 0.2) is 5.78 Å². The summed E-state index contributed by atoms with van der Waals surface area (Å²) in [6.07, 6.45) is 1.76. The average molecular weight is 208 g/mol. The summed E-state index contributed by atoms with van der Waals surface area (Å²) in [4.78, 5) is 11.3. The number of rotatable bonds is 2. The predicted molar refractivity (Wildman–Crippen MR) is 65.4 cm³/mol. The molecule has 1 aromatic carbocycles. The Kier molecular flexibility index (Phi) is 6.85. The molecule has 0 aromatic heterocycles. The summed E-state index contributed by atoms with van der Waals surface area (Å²) in [5.41, 5.74) is 0.998. The van der Waals surface area contributed by atoms with E-state index in [1.54, 1.807) is 6.08 Å². The van der Waals surface area contributed by atoms with Crippen molar-refractivity contribution in [3.05, 3.63) is 40.8 Å². The third-order valence-electron chi connectivity index (χ3n) is 1.46. The number of Topliss-reactive ketones (excluding diaryl/α,β-unsaturated/α-hetero) is 1.